The van der Waals surface area contributed by atoms with Crippen molar-refractivity contribution < 1.29 is 19.1 Å². The molecule has 0 aliphatic carbocycles. The van der Waals surface area contributed by atoms with Gasteiger partial charge in [-0.05, 0) is 38.0 Å². The third kappa shape index (κ3) is 5.60. The molecule has 34 heavy (non-hydrogen) atoms. The van der Waals surface area contributed by atoms with E-state index in [0.29, 0.717) is 35.1 Å². The molecular weight excluding hydrogens is 458 g/mol. The Morgan fingerprint density at radius 2 is 1.82 bits per heavy atom. The number of ether oxygens (including phenoxy) is 2. The first-order valence-electron chi connectivity index (χ1n) is 10.9. The molecule has 1 aliphatic heterocycles. The van der Waals surface area contributed by atoms with Gasteiger partial charge < -0.3 is 19.7 Å². The van der Waals surface area contributed by atoms with Gasteiger partial charge in [0.2, 0.25) is 5.88 Å². The van der Waals surface area contributed by atoms with Crippen molar-refractivity contribution in [3.05, 3.63) is 64.7 Å². The molecule has 4 rings (SSSR count). The molecule has 1 fully saturated rings. The smallest absolute Gasteiger partial charge is 0.257 e. The fourth-order valence-electron chi connectivity index (χ4n) is 3.14. The summed E-state index contributed by atoms with van der Waals surface area (Å²) < 4.78 is 11.6. The van der Waals surface area contributed by atoms with Gasteiger partial charge in [-0.3, -0.25) is 14.6 Å². The molecule has 176 valence electrons. The molecule has 1 N–H and O–H groups in total. The monoisotopic (exact) mass is 481 g/mol. The highest BCUT2D eigenvalue weighted by Crippen LogP contribution is 2.32. The zero-order valence-electron chi connectivity index (χ0n) is 18.9. The minimum Gasteiger partial charge on any atom is -0.493 e. The van der Waals surface area contributed by atoms with Crippen molar-refractivity contribution >= 4 is 29.2 Å². The van der Waals surface area contributed by atoms with Crippen molar-refractivity contribution in [3.8, 4) is 17.4 Å². The number of hydrogen-bond acceptors (Lipinski definition) is 7. The Balaban J connectivity index is 1.56. The summed E-state index contributed by atoms with van der Waals surface area (Å²) in [5.74, 6) is 0.695. The Morgan fingerprint density at radius 1 is 1.03 bits per heavy atom. The Hall–Kier alpha value is -3.72. The second-order valence-electron chi connectivity index (χ2n) is 7.80. The summed E-state index contributed by atoms with van der Waals surface area (Å²) in [5, 5.41) is 2.89. The van der Waals surface area contributed by atoms with E-state index in [1.54, 1.807) is 29.3 Å². The topological polar surface area (TPSA) is 107 Å². The second-order valence-corrected chi connectivity index (χ2v) is 8.20. The first kappa shape index (κ1) is 23.4. The molecule has 1 aromatic carbocycles. The average molecular weight is 482 g/mol. The number of hydrogen-bond donors (Lipinski definition) is 1. The van der Waals surface area contributed by atoms with Crippen molar-refractivity contribution in [2.45, 2.75) is 26.7 Å². The maximum Gasteiger partial charge on any atom is 0.257 e. The number of likely N-dealkylation sites (tertiary alicyclic amines) is 1. The quantitative estimate of drug-likeness (QED) is 0.504. The summed E-state index contributed by atoms with van der Waals surface area (Å²) in [7, 11) is 0. The van der Waals surface area contributed by atoms with Gasteiger partial charge in [0.1, 0.15) is 16.5 Å². The van der Waals surface area contributed by atoms with E-state index >= 15 is 0 Å². The minimum absolute atomic E-state index is 0.111. The lowest BCUT2D eigenvalue weighted by Gasteiger charge is -2.30. The van der Waals surface area contributed by atoms with Crippen LogP contribution in [0.15, 0.2) is 42.9 Å². The molecule has 1 saturated heterocycles. The number of nitrogens with zero attached hydrogens (tertiary/aromatic N) is 4. The maximum atomic E-state index is 12.8. The largest absolute Gasteiger partial charge is 0.493 e. The van der Waals surface area contributed by atoms with E-state index in [-0.39, 0.29) is 16.8 Å². The zero-order chi connectivity index (χ0) is 24.1. The highest BCUT2D eigenvalue weighted by atomic mass is 35.5. The number of benzene rings is 1. The van der Waals surface area contributed by atoms with Gasteiger partial charge in [-0.25, -0.2) is 9.97 Å². The van der Waals surface area contributed by atoms with Gasteiger partial charge in [-0.15, -0.1) is 0 Å². The van der Waals surface area contributed by atoms with Crippen LogP contribution in [0.25, 0.3) is 0 Å². The van der Waals surface area contributed by atoms with Crippen LogP contribution in [0, 0.1) is 6.92 Å². The number of carbonyl (C=O) groups is 2. The van der Waals surface area contributed by atoms with Crippen LogP contribution < -0.4 is 14.8 Å². The molecule has 0 radical (unpaired) electrons. The van der Waals surface area contributed by atoms with Crippen LogP contribution in [0.3, 0.4) is 0 Å². The van der Waals surface area contributed by atoms with E-state index in [0.717, 1.165) is 31.6 Å². The van der Waals surface area contributed by atoms with Crippen molar-refractivity contribution in [2.24, 2.45) is 0 Å². The van der Waals surface area contributed by atoms with Crippen molar-refractivity contribution in [1.82, 2.24) is 19.9 Å². The number of pyridine rings is 1. The standard InChI is InChI=1S/C24H24ClN5O4/c1-3-7-33-18-8-16(22(31)29-21-14-26-15(2)12-27-21)9-19(11-18)34-23-20(25)10-17(13-28-23)24(32)30-5-4-6-30/h8-14H,3-7H2,1-2H3,(H,27,29,31). The molecule has 2 aromatic heterocycles. The fraction of sp³-hybridized carbons (Fsp3) is 0.292. The SMILES string of the molecule is CCCOc1cc(Oc2ncc(C(=O)N3CCC3)cc2Cl)cc(C(=O)Nc2cnc(C)cn2)c1. The van der Waals surface area contributed by atoms with Crippen LogP contribution in [0.4, 0.5) is 5.82 Å². The third-order valence-corrected chi connectivity index (χ3v) is 5.32. The predicted molar refractivity (Wildman–Crippen MR) is 127 cm³/mol. The molecule has 1 aliphatic rings. The van der Waals surface area contributed by atoms with Crippen LogP contribution in [-0.2, 0) is 0 Å². The molecule has 0 bridgehead atoms. The number of aryl methyl sites for hydroxylation is 1. The normalized spacial score (nSPS) is 12.6. The fourth-order valence-corrected chi connectivity index (χ4v) is 3.35. The minimum atomic E-state index is -0.403. The summed E-state index contributed by atoms with van der Waals surface area (Å²) in [4.78, 5) is 39.5. The summed E-state index contributed by atoms with van der Waals surface area (Å²) in [6.45, 7) is 5.73. The molecular formula is C24H24ClN5O4. The molecule has 0 spiro atoms. The number of anilines is 1. The van der Waals surface area contributed by atoms with Gasteiger partial charge in [0.15, 0.2) is 5.82 Å². The summed E-state index contributed by atoms with van der Waals surface area (Å²) in [6, 6.07) is 6.34. The van der Waals surface area contributed by atoms with E-state index in [9.17, 15) is 9.59 Å². The lowest BCUT2D eigenvalue weighted by molar-refractivity contribution is 0.0651. The first-order valence-corrected chi connectivity index (χ1v) is 11.3. The molecule has 3 heterocycles. The van der Waals surface area contributed by atoms with Crippen LogP contribution in [0.2, 0.25) is 5.02 Å². The number of amides is 2. The maximum absolute atomic E-state index is 12.8. The molecule has 10 heteroatoms. The van der Waals surface area contributed by atoms with Crippen LogP contribution in [0.5, 0.6) is 17.4 Å². The average Bonchev–Trinajstić information content (AvgIpc) is 2.79. The highest BCUT2D eigenvalue weighted by molar-refractivity contribution is 6.32. The number of rotatable bonds is 8. The Kier molecular flexibility index (Phi) is 7.22. The predicted octanol–water partition coefficient (Wildman–Crippen LogP) is 4.51. The number of halogens is 1. The van der Waals surface area contributed by atoms with Crippen LogP contribution in [0.1, 0.15) is 46.2 Å². The van der Waals surface area contributed by atoms with Gasteiger partial charge in [-0.2, -0.15) is 0 Å². The van der Waals surface area contributed by atoms with Gasteiger partial charge in [0, 0.05) is 30.9 Å². The second kappa shape index (κ2) is 10.5. The molecule has 0 atom stereocenters. The van der Waals surface area contributed by atoms with E-state index in [2.05, 4.69) is 20.3 Å². The van der Waals surface area contributed by atoms with E-state index in [4.69, 9.17) is 21.1 Å². The van der Waals surface area contributed by atoms with Crippen LogP contribution >= 0.6 is 11.6 Å². The van der Waals surface area contributed by atoms with E-state index < -0.39 is 5.91 Å². The summed E-state index contributed by atoms with van der Waals surface area (Å²) >= 11 is 6.35. The van der Waals surface area contributed by atoms with Crippen LogP contribution in [-0.4, -0.2) is 51.4 Å². The lowest BCUT2D eigenvalue weighted by atomic mass is 10.1. The van der Waals surface area contributed by atoms with Gasteiger partial charge >= 0.3 is 0 Å². The number of nitrogens with one attached hydrogen (secondary N) is 1. The third-order valence-electron chi connectivity index (χ3n) is 5.05. The van der Waals surface area contributed by atoms with E-state index in [1.165, 1.54) is 18.5 Å². The zero-order valence-corrected chi connectivity index (χ0v) is 19.6. The van der Waals surface area contributed by atoms with E-state index in [1.807, 2.05) is 13.8 Å². The highest BCUT2D eigenvalue weighted by Gasteiger charge is 2.23. The first-order chi connectivity index (χ1) is 16.4. The van der Waals surface area contributed by atoms with Gasteiger partial charge in [0.05, 0.1) is 30.3 Å². The number of carbonyl (C=O) groups excluding carboxylic acids is 2. The summed E-state index contributed by atoms with van der Waals surface area (Å²) in [5.41, 5.74) is 1.44. The van der Waals surface area contributed by atoms with Crippen molar-refractivity contribution in [1.29, 1.82) is 0 Å². The molecule has 9 nitrogen and oxygen atoms in total. The van der Waals surface area contributed by atoms with Crippen molar-refractivity contribution in [2.75, 3.05) is 25.0 Å². The number of aromatic nitrogens is 3. The molecule has 0 unspecified atom stereocenters. The van der Waals surface area contributed by atoms with Gasteiger partial charge in [0.25, 0.3) is 11.8 Å². The molecule has 2 amide bonds. The Labute approximate surface area is 202 Å². The Bertz CT molecular complexity index is 1200. The molecule has 0 saturated carbocycles. The van der Waals surface area contributed by atoms with Gasteiger partial charge in [-0.1, -0.05) is 18.5 Å². The Morgan fingerprint density at radius 3 is 2.47 bits per heavy atom. The van der Waals surface area contributed by atoms with Crippen molar-refractivity contribution in [3.63, 3.8) is 0 Å². The lowest BCUT2D eigenvalue weighted by Crippen LogP contribution is -2.42. The molecule has 3 aromatic rings. The summed E-state index contributed by atoms with van der Waals surface area (Å²) in [6.07, 6.45) is 6.27.